The summed E-state index contributed by atoms with van der Waals surface area (Å²) in [5, 5.41) is 4.43. The summed E-state index contributed by atoms with van der Waals surface area (Å²) in [6, 6.07) is 7.39. The van der Waals surface area contributed by atoms with Crippen molar-refractivity contribution in [3.8, 4) is 17.1 Å². The van der Waals surface area contributed by atoms with Crippen LogP contribution >= 0.6 is 11.6 Å². The molecule has 6 nitrogen and oxygen atoms in total. The number of halogens is 2. The number of aryl methyl sites for hydroxylation is 1. The van der Waals surface area contributed by atoms with E-state index in [4.69, 9.17) is 16.3 Å². The molecule has 0 spiro atoms. The monoisotopic (exact) mass is 348 g/mol. The fraction of sp³-hybridized carbons (Fsp3) is 0.188. The van der Waals surface area contributed by atoms with Crippen molar-refractivity contribution < 1.29 is 9.13 Å². The first-order valence-electron chi connectivity index (χ1n) is 7.27. The Labute approximate surface area is 141 Å². The van der Waals surface area contributed by atoms with Crippen LogP contribution in [0.2, 0.25) is 5.02 Å². The normalized spacial score (nSPS) is 10.8. The predicted octanol–water partition coefficient (Wildman–Crippen LogP) is 3.02. The first-order chi connectivity index (χ1) is 11.6. The van der Waals surface area contributed by atoms with Gasteiger partial charge in [-0.1, -0.05) is 17.7 Å². The highest BCUT2D eigenvalue weighted by Gasteiger charge is 2.13. The predicted molar refractivity (Wildman–Crippen MR) is 87.5 cm³/mol. The van der Waals surface area contributed by atoms with Gasteiger partial charge in [-0.05, 0) is 25.1 Å². The van der Waals surface area contributed by atoms with Crippen LogP contribution in [0.5, 0.6) is 5.75 Å². The van der Waals surface area contributed by atoms with Gasteiger partial charge in [0, 0.05) is 24.4 Å². The van der Waals surface area contributed by atoms with Crippen molar-refractivity contribution in [1.29, 1.82) is 0 Å². The molecule has 0 atom stereocenters. The third-order valence-electron chi connectivity index (χ3n) is 3.30. The van der Waals surface area contributed by atoms with Gasteiger partial charge in [0.1, 0.15) is 23.2 Å². The van der Waals surface area contributed by atoms with Gasteiger partial charge in [0.2, 0.25) is 0 Å². The van der Waals surface area contributed by atoms with Gasteiger partial charge in [-0.25, -0.2) is 14.1 Å². The average Bonchev–Trinajstić information content (AvgIpc) is 2.99. The van der Waals surface area contributed by atoms with E-state index in [0.29, 0.717) is 29.5 Å². The highest BCUT2D eigenvalue weighted by molar-refractivity contribution is 6.30. The molecule has 0 radical (unpaired) electrons. The quantitative estimate of drug-likeness (QED) is 0.769. The summed E-state index contributed by atoms with van der Waals surface area (Å²) in [5.41, 5.74) is 0.281. The van der Waals surface area contributed by atoms with E-state index in [1.54, 1.807) is 16.8 Å². The number of aromatic nitrogens is 4. The first kappa shape index (κ1) is 16.2. The summed E-state index contributed by atoms with van der Waals surface area (Å²) < 4.78 is 20.3. The molecule has 0 aliphatic rings. The van der Waals surface area contributed by atoms with Crippen LogP contribution < -0.4 is 10.3 Å². The Morgan fingerprint density at radius 3 is 2.92 bits per heavy atom. The first-order valence-corrected chi connectivity index (χ1v) is 7.65. The number of benzene rings is 1. The number of pyridine rings is 1. The minimum absolute atomic E-state index is 0.0794. The van der Waals surface area contributed by atoms with Gasteiger partial charge in [-0.3, -0.25) is 4.79 Å². The minimum Gasteiger partial charge on any atom is -0.485 e. The Kier molecular flexibility index (Phi) is 4.61. The molecule has 2 aromatic heterocycles. The largest absolute Gasteiger partial charge is 0.485 e. The fourth-order valence-electron chi connectivity index (χ4n) is 2.17. The summed E-state index contributed by atoms with van der Waals surface area (Å²) in [4.78, 5) is 18.3. The molecule has 0 aliphatic carbocycles. The zero-order valence-corrected chi connectivity index (χ0v) is 13.5. The second-order valence-corrected chi connectivity index (χ2v) is 5.39. The van der Waals surface area contributed by atoms with E-state index in [0.717, 1.165) is 0 Å². The van der Waals surface area contributed by atoms with Gasteiger partial charge in [0.05, 0.1) is 0 Å². The van der Waals surface area contributed by atoms with Gasteiger partial charge in [-0.15, -0.1) is 0 Å². The zero-order valence-electron chi connectivity index (χ0n) is 12.8. The van der Waals surface area contributed by atoms with Crippen LogP contribution in [0, 0.1) is 5.82 Å². The van der Waals surface area contributed by atoms with E-state index in [-0.39, 0.29) is 23.0 Å². The summed E-state index contributed by atoms with van der Waals surface area (Å²) >= 11 is 5.86. The minimum atomic E-state index is -0.372. The second kappa shape index (κ2) is 6.84. The smallest absolute Gasteiger partial charge is 0.266 e. The molecule has 0 bridgehead atoms. The average molecular weight is 349 g/mol. The van der Waals surface area contributed by atoms with Crippen molar-refractivity contribution in [2.45, 2.75) is 20.1 Å². The van der Waals surface area contributed by atoms with Crippen molar-refractivity contribution >= 4 is 11.6 Å². The number of H-pyrrole nitrogens is 1. The van der Waals surface area contributed by atoms with E-state index in [2.05, 4.69) is 15.1 Å². The van der Waals surface area contributed by atoms with Gasteiger partial charge in [0.15, 0.2) is 11.6 Å². The number of hydrogen-bond acceptors (Lipinski definition) is 4. The summed E-state index contributed by atoms with van der Waals surface area (Å²) in [6.07, 6.45) is 1.53. The Morgan fingerprint density at radius 2 is 2.21 bits per heavy atom. The summed E-state index contributed by atoms with van der Waals surface area (Å²) in [6.45, 7) is 2.60. The van der Waals surface area contributed by atoms with Crippen LogP contribution in [0.25, 0.3) is 11.4 Å². The number of hydrogen-bond donors (Lipinski definition) is 1. The third kappa shape index (κ3) is 3.46. The van der Waals surface area contributed by atoms with E-state index < -0.39 is 0 Å². The number of aromatic amines is 1. The van der Waals surface area contributed by atoms with Crippen molar-refractivity contribution in [3.63, 3.8) is 0 Å². The molecule has 0 unspecified atom stereocenters. The molecule has 1 aromatic carbocycles. The number of rotatable bonds is 5. The van der Waals surface area contributed by atoms with Gasteiger partial charge in [0.25, 0.3) is 5.56 Å². The maximum absolute atomic E-state index is 13.2. The van der Waals surface area contributed by atoms with E-state index in [1.807, 2.05) is 6.92 Å². The third-order valence-corrected chi connectivity index (χ3v) is 3.58. The van der Waals surface area contributed by atoms with Crippen molar-refractivity contribution in [2.75, 3.05) is 0 Å². The molecule has 0 saturated heterocycles. The lowest BCUT2D eigenvalue weighted by Gasteiger charge is -2.02. The Balaban J connectivity index is 1.84. The molecule has 1 N–H and O–H groups in total. The number of ether oxygens (including phenoxy) is 1. The molecule has 0 fully saturated rings. The van der Waals surface area contributed by atoms with Crippen LogP contribution in [0.1, 0.15) is 12.7 Å². The molecule has 0 aliphatic heterocycles. The molecule has 24 heavy (non-hydrogen) atoms. The number of nitrogens with zero attached hydrogens (tertiary/aromatic N) is 3. The van der Waals surface area contributed by atoms with Crippen molar-refractivity contribution in [3.05, 3.63) is 63.5 Å². The SMILES string of the molecule is CCn1nc(COc2cccc(F)c2)nc1-c1c[nH]c(=O)c(Cl)c1. The zero-order chi connectivity index (χ0) is 17.1. The van der Waals surface area contributed by atoms with Crippen molar-refractivity contribution in [1.82, 2.24) is 19.7 Å². The maximum atomic E-state index is 13.2. The molecule has 2 heterocycles. The fourth-order valence-corrected chi connectivity index (χ4v) is 2.35. The lowest BCUT2D eigenvalue weighted by Crippen LogP contribution is -2.06. The molecular formula is C16H14ClFN4O2. The highest BCUT2D eigenvalue weighted by Crippen LogP contribution is 2.19. The van der Waals surface area contributed by atoms with Crippen molar-refractivity contribution in [2.24, 2.45) is 0 Å². The van der Waals surface area contributed by atoms with E-state index in [9.17, 15) is 9.18 Å². The Hall–Kier alpha value is -2.67. The molecule has 0 amide bonds. The van der Waals surface area contributed by atoms with Gasteiger partial charge in [-0.2, -0.15) is 5.10 Å². The van der Waals surface area contributed by atoms with Crippen LogP contribution in [0.15, 0.2) is 41.3 Å². The molecule has 124 valence electrons. The van der Waals surface area contributed by atoms with E-state index in [1.165, 1.54) is 24.4 Å². The lowest BCUT2D eigenvalue weighted by atomic mass is 10.2. The summed E-state index contributed by atoms with van der Waals surface area (Å²) in [5.74, 6) is 1.03. The molecule has 0 saturated carbocycles. The van der Waals surface area contributed by atoms with E-state index >= 15 is 0 Å². The Bertz CT molecular complexity index is 922. The second-order valence-electron chi connectivity index (χ2n) is 4.98. The van der Waals surface area contributed by atoms with Crippen LogP contribution in [-0.4, -0.2) is 19.7 Å². The van der Waals surface area contributed by atoms with Crippen LogP contribution in [0.3, 0.4) is 0 Å². The van der Waals surface area contributed by atoms with Crippen LogP contribution in [-0.2, 0) is 13.2 Å². The lowest BCUT2D eigenvalue weighted by molar-refractivity contribution is 0.293. The number of nitrogens with one attached hydrogen (secondary N) is 1. The molecule has 8 heteroatoms. The van der Waals surface area contributed by atoms with Gasteiger partial charge < -0.3 is 9.72 Å². The van der Waals surface area contributed by atoms with Crippen LogP contribution in [0.4, 0.5) is 4.39 Å². The summed E-state index contributed by atoms with van der Waals surface area (Å²) in [7, 11) is 0. The molecular weight excluding hydrogens is 335 g/mol. The highest BCUT2D eigenvalue weighted by atomic mass is 35.5. The Morgan fingerprint density at radius 1 is 1.38 bits per heavy atom. The topological polar surface area (TPSA) is 72.8 Å². The maximum Gasteiger partial charge on any atom is 0.266 e. The molecule has 3 rings (SSSR count). The standard InChI is InChI=1S/C16H14ClFN4O2/c1-2-22-15(10-6-13(17)16(23)19-8-10)20-14(21-22)9-24-12-5-3-4-11(18)7-12/h3-8H,2,9H2,1H3,(H,19,23). The molecule has 3 aromatic rings. The van der Waals surface area contributed by atoms with Gasteiger partial charge >= 0.3 is 0 Å².